The minimum Gasteiger partial charge on any atom is -0.430 e. The molecule has 5 rings (SSSR count). The lowest BCUT2D eigenvalue weighted by atomic mass is 9.78. The Hall–Kier alpha value is -3.72. The monoisotopic (exact) mass is 440 g/mol. The van der Waals surface area contributed by atoms with Crippen LogP contribution < -0.4 is 0 Å². The maximum Gasteiger partial charge on any atom is 0.246 e. The second-order valence-corrected chi connectivity index (χ2v) is 9.03. The lowest BCUT2D eigenvalue weighted by Gasteiger charge is -2.35. The van der Waals surface area contributed by atoms with E-state index in [1.807, 2.05) is 24.3 Å². The Morgan fingerprint density at radius 3 is 1.39 bits per heavy atom. The molecule has 33 heavy (non-hydrogen) atoms. The van der Waals surface area contributed by atoms with Crippen LogP contribution in [0.25, 0.3) is 22.3 Å². The van der Waals surface area contributed by atoms with Crippen LogP contribution in [0.5, 0.6) is 0 Å². The summed E-state index contributed by atoms with van der Waals surface area (Å²) in [7, 11) is -0.353. The van der Waals surface area contributed by atoms with E-state index >= 15 is 0 Å². The number of hydrogen-bond acceptors (Lipinski definition) is 1. The molecule has 0 spiro atoms. The summed E-state index contributed by atoms with van der Waals surface area (Å²) in [5.74, 6) is 0. The van der Waals surface area contributed by atoms with Gasteiger partial charge in [0.2, 0.25) is 9.76 Å². The molecule has 0 saturated carbocycles. The van der Waals surface area contributed by atoms with Crippen molar-refractivity contribution in [3.8, 4) is 22.3 Å². The van der Waals surface area contributed by atoms with Crippen LogP contribution in [0, 0.1) is 0 Å². The minimum atomic E-state index is -0.682. The lowest BCUT2D eigenvalue weighted by molar-refractivity contribution is 0.567. The molecule has 5 aromatic rings. The standard InChI is InChI=1S/C31H24OSi/c32-33-31(26-18-9-3-10-19-26,27-20-11-4-12-21-27)29-23-13-22-28(24-14-5-1-6-15-24)30(29)25-16-7-2-8-17-25/h1-23,32H. The number of hydrogen-bond donors (Lipinski definition) is 1. The largest absolute Gasteiger partial charge is 0.430 e. The van der Waals surface area contributed by atoms with Crippen molar-refractivity contribution >= 4 is 9.76 Å². The van der Waals surface area contributed by atoms with Crippen LogP contribution in [0.3, 0.4) is 0 Å². The van der Waals surface area contributed by atoms with Gasteiger partial charge < -0.3 is 4.80 Å². The Bertz CT molecular complexity index is 1280. The number of benzene rings is 5. The summed E-state index contributed by atoms with van der Waals surface area (Å²) in [6, 6.07) is 48.3. The molecule has 0 bridgehead atoms. The van der Waals surface area contributed by atoms with E-state index in [4.69, 9.17) is 0 Å². The van der Waals surface area contributed by atoms with Crippen LogP contribution >= 0.6 is 0 Å². The lowest BCUT2D eigenvalue weighted by Crippen LogP contribution is -2.37. The van der Waals surface area contributed by atoms with E-state index in [0.717, 1.165) is 38.9 Å². The van der Waals surface area contributed by atoms with Crippen LogP contribution in [0.15, 0.2) is 140 Å². The molecule has 0 atom stereocenters. The third kappa shape index (κ3) is 3.84. The van der Waals surface area contributed by atoms with E-state index in [-0.39, 0.29) is 9.76 Å². The molecule has 2 heteroatoms. The van der Waals surface area contributed by atoms with Crippen LogP contribution in [0.2, 0.25) is 0 Å². The topological polar surface area (TPSA) is 20.2 Å². The van der Waals surface area contributed by atoms with Gasteiger partial charge >= 0.3 is 0 Å². The van der Waals surface area contributed by atoms with Crippen LogP contribution in [-0.4, -0.2) is 14.6 Å². The Kier molecular flexibility index (Phi) is 6.03. The molecule has 1 N–H and O–H groups in total. The van der Waals surface area contributed by atoms with Crippen molar-refractivity contribution in [3.63, 3.8) is 0 Å². The van der Waals surface area contributed by atoms with E-state index in [1.54, 1.807) is 0 Å². The molecule has 0 aliphatic heterocycles. The fourth-order valence-corrected chi connectivity index (χ4v) is 5.60. The second kappa shape index (κ2) is 9.41. The smallest absolute Gasteiger partial charge is 0.246 e. The highest BCUT2D eigenvalue weighted by molar-refractivity contribution is 6.35. The first-order valence-electron chi connectivity index (χ1n) is 11.1. The van der Waals surface area contributed by atoms with E-state index in [2.05, 4.69) is 115 Å². The van der Waals surface area contributed by atoms with E-state index in [1.165, 1.54) is 0 Å². The summed E-state index contributed by atoms with van der Waals surface area (Å²) >= 11 is 0. The van der Waals surface area contributed by atoms with Crippen LogP contribution in [0.1, 0.15) is 16.7 Å². The third-order valence-electron chi connectivity index (χ3n) is 6.20. The van der Waals surface area contributed by atoms with Crippen molar-refractivity contribution in [1.82, 2.24) is 0 Å². The maximum absolute atomic E-state index is 11.2. The zero-order chi connectivity index (χ0) is 22.5. The Morgan fingerprint density at radius 2 is 0.909 bits per heavy atom. The molecular formula is C31H24OSi. The first-order chi connectivity index (χ1) is 16.3. The van der Waals surface area contributed by atoms with Crippen LogP contribution in [0.4, 0.5) is 0 Å². The van der Waals surface area contributed by atoms with Gasteiger partial charge in [-0.1, -0.05) is 140 Å². The summed E-state index contributed by atoms with van der Waals surface area (Å²) in [5, 5.41) is -0.682. The fraction of sp³-hybridized carbons (Fsp3) is 0.0323. The highest BCUT2D eigenvalue weighted by Gasteiger charge is 2.39. The van der Waals surface area contributed by atoms with Gasteiger partial charge in [-0.05, 0) is 38.9 Å². The zero-order valence-electron chi connectivity index (χ0n) is 18.2. The molecule has 0 aliphatic carbocycles. The first kappa shape index (κ1) is 21.1. The van der Waals surface area contributed by atoms with Gasteiger partial charge in [-0.3, -0.25) is 0 Å². The van der Waals surface area contributed by atoms with E-state index < -0.39 is 5.04 Å². The molecule has 2 radical (unpaired) electrons. The molecule has 0 amide bonds. The van der Waals surface area contributed by atoms with Crippen molar-refractivity contribution in [2.75, 3.05) is 0 Å². The molecule has 0 heterocycles. The van der Waals surface area contributed by atoms with Gasteiger partial charge in [0.25, 0.3) is 0 Å². The summed E-state index contributed by atoms with van der Waals surface area (Å²) in [6.07, 6.45) is 0. The third-order valence-corrected chi connectivity index (χ3v) is 7.38. The van der Waals surface area contributed by atoms with Crippen molar-refractivity contribution in [2.45, 2.75) is 5.04 Å². The van der Waals surface area contributed by atoms with Gasteiger partial charge in [0, 0.05) is 0 Å². The average Bonchev–Trinajstić information content (AvgIpc) is 2.91. The molecule has 158 valence electrons. The summed E-state index contributed by atoms with van der Waals surface area (Å²) in [4.78, 5) is 11.2. The summed E-state index contributed by atoms with van der Waals surface area (Å²) in [5.41, 5.74) is 7.88. The molecule has 1 nitrogen and oxygen atoms in total. The highest BCUT2D eigenvalue weighted by atomic mass is 28.2. The van der Waals surface area contributed by atoms with Gasteiger partial charge in [-0.15, -0.1) is 0 Å². The molecule has 5 aromatic carbocycles. The normalized spacial score (nSPS) is 11.3. The molecular weight excluding hydrogens is 416 g/mol. The molecule has 0 aliphatic rings. The van der Waals surface area contributed by atoms with Crippen molar-refractivity contribution in [1.29, 1.82) is 0 Å². The SMILES string of the molecule is O[Si]C(c1ccccc1)(c1ccccc1)c1cccc(-c2ccccc2)c1-c1ccccc1. The molecule has 0 unspecified atom stereocenters. The number of rotatable bonds is 6. The predicted octanol–water partition coefficient (Wildman–Crippen LogP) is 6.92. The zero-order valence-corrected chi connectivity index (χ0v) is 19.2. The molecule has 0 saturated heterocycles. The van der Waals surface area contributed by atoms with E-state index in [9.17, 15) is 4.80 Å². The second-order valence-electron chi connectivity index (χ2n) is 8.05. The first-order valence-corrected chi connectivity index (χ1v) is 12.1. The quantitative estimate of drug-likeness (QED) is 0.224. The van der Waals surface area contributed by atoms with Crippen LogP contribution in [-0.2, 0) is 5.04 Å². The van der Waals surface area contributed by atoms with Crippen molar-refractivity contribution < 1.29 is 4.80 Å². The van der Waals surface area contributed by atoms with Crippen molar-refractivity contribution in [3.05, 3.63) is 156 Å². The Labute approximate surface area is 198 Å². The van der Waals surface area contributed by atoms with Gasteiger partial charge in [0.1, 0.15) is 0 Å². The Morgan fingerprint density at radius 1 is 0.455 bits per heavy atom. The predicted molar refractivity (Wildman–Crippen MR) is 138 cm³/mol. The minimum absolute atomic E-state index is 0.353. The van der Waals surface area contributed by atoms with Gasteiger partial charge in [-0.2, -0.15) is 0 Å². The van der Waals surface area contributed by atoms with Crippen molar-refractivity contribution in [2.24, 2.45) is 0 Å². The molecule has 0 aromatic heterocycles. The highest BCUT2D eigenvalue weighted by Crippen LogP contribution is 2.45. The Balaban J connectivity index is 1.91. The van der Waals surface area contributed by atoms with Gasteiger partial charge in [0.15, 0.2) is 0 Å². The summed E-state index contributed by atoms with van der Waals surface area (Å²) < 4.78 is 0. The maximum atomic E-state index is 11.2. The summed E-state index contributed by atoms with van der Waals surface area (Å²) in [6.45, 7) is 0. The van der Waals surface area contributed by atoms with Gasteiger partial charge in [-0.25, -0.2) is 0 Å². The average molecular weight is 441 g/mol. The van der Waals surface area contributed by atoms with E-state index in [0.29, 0.717) is 0 Å². The molecule has 0 fully saturated rings. The fourth-order valence-electron chi connectivity index (χ4n) is 4.68. The van der Waals surface area contributed by atoms with Gasteiger partial charge in [0.05, 0.1) is 5.04 Å².